The topological polar surface area (TPSA) is 68.6 Å². The highest BCUT2D eigenvalue weighted by Gasteiger charge is 2.23. The minimum Gasteiger partial charge on any atom is -0.555 e. The van der Waals surface area contributed by atoms with E-state index in [1.54, 1.807) is 0 Å². The maximum atomic E-state index is 11.7. The van der Waals surface area contributed by atoms with Gasteiger partial charge in [-0.1, -0.05) is 42.5 Å². The number of rotatable bonds is 9. The Kier molecular flexibility index (Phi) is 6.89. The molecular weight excluding hydrogens is 305 g/mol. The molecule has 0 aliphatic rings. The Hall–Kier alpha value is -2.76. The average molecular weight is 324 g/mol. The van der Waals surface area contributed by atoms with Crippen molar-refractivity contribution in [2.75, 3.05) is 7.11 Å². The number of nitrogens with one attached hydrogen (secondary N) is 1. The van der Waals surface area contributed by atoms with E-state index in [0.29, 0.717) is 13.0 Å². The van der Waals surface area contributed by atoms with Gasteiger partial charge in [0, 0.05) is 0 Å². The van der Waals surface area contributed by atoms with Gasteiger partial charge >= 0.3 is 13.5 Å². The van der Waals surface area contributed by atoms with E-state index in [2.05, 4.69) is 0 Å². The summed E-state index contributed by atoms with van der Waals surface area (Å²) < 4.78 is 15.3. The van der Waals surface area contributed by atoms with Crippen LogP contribution in [0.4, 0.5) is 0 Å². The van der Waals surface area contributed by atoms with E-state index in [0.717, 1.165) is 23.3 Å². The Morgan fingerprint density at radius 1 is 1.12 bits per heavy atom. The van der Waals surface area contributed by atoms with Crippen LogP contribution in [0, 0.1) is 5.41 Å². The fourth-order valence-corrected chi connectivity index (χ4v) is 2.19. The van der Waals surface area contributed by atoms with Crippen molar-refractivity contribution in [2.24, 2.45) is 0 Å². The number of esters is 1. The standard InChI is InChI=1S/C18H19BNO4/c1-22-18(21)17(19-24-13-20)11-14-7-9-16(10-8-14)23-12-15-5-3-2-4-6-15/h2-10,13,17,20H,11-12H2,1H3/t17-/m0/s1. The molecule has 1 radical (unpaired) electrons. The highest BCUT2D eigenvalue weighted by molar-refractivity contribution is 6.38. The molecule has 1 N–H and O–H groups in total. The molecule has 5 nitrogen and oxygen atoms in total. The van der Waals surface area contributed by atoms with Gasteiger partial charge in [0.1, 0.15) is 18.8 Å². The van der Waals surface area contributed by atoms with E-state index in [-0.39, 0.29) is 0 Å². The zero-order valence-electron chi connectivity index (χ0n) is 13.5. The van der Waals surface area contributed by atoms with E-state index >= 15 is 0 Å². The lowest BCUT2D eigenvalue weighted by Gasteiger charge is -2.13. The Morgan fingerprint density at radius 3 is 2.46 bits per heavy atom. The van der Waals surface area contributed by atoms with Gasteiger partial charge in [-0.25, -0.2) is 0 Å². The monoisotopic (exact) mass is 324 g/mol. The van der Waals surface area contributed by atoms with Crippen LogP contribution in [-0.2, 0) is 27.2 Å². The first kappa shape index (κ1) is 17.6. The molecule has 1 atom stereocenters. The summed E-state index contributed by atoms with van der Waals surface area (Å²) in [5.74, 6) is -0.203. The first-order valence-electron chi connectivity index (χ1n) is 7.54. The molecule has 0 aromatic heterocycles. The minimum atomic E-state index is -0.562. The van der Waals surface area contributed by atoms with Gasteiger partial charge in [0.25, 0.3) is 0 Å². The van der Waals surface area contributed by atoms with E-state index in [1.807, 2.05) is 54.6 Å². The van der Waals surface area contributed by atoms with Crippen LogP contribution in [-0.4, -0.2) is 27.0 Å². The second kappa shape index (κ2) is 9.40. The number of ether oxygens (including phenoxy) is 2. The van der Waals surface area contributed by atoms with Crippen LogP contribution in [0.1, 0.15) is 11.1 Å². The van der Waals surface area contributed by atoms with Gasteiger partial charge in [0.2, 0.25) is 0 Å². The summed E-state index contributed by atoms with van der Waals surface area (Å²) in [6.45, 7) is 0.506. The molecular formula is C18H19BNO4. The lowest BCUT2D eigenvalue weighted by Crippen LogP contribution is -2.21. The van der Waals surface area contributed by atoms with Crippen molar-refractivity contribution < 1.29 is 18.9 Å². The third-order valence-corrected chi connectivity index (χ3v) is 3.44. The van der Waals surface area contributed by atoms with Gasteiger partial charge < -0.3 is 14.1 Å². The average Bonchev–Trinajstić information content (AvgIpc) is 2.64. The summed E-state index contributed by atoms with van der Waals surface area (Å²) >= 11 is 0. The zero-order chi connectivity index (χ0) is 17.2. The molecule has 6 heteroatoms. The van der Waals surface area contributed by atoms with Crippen LogP contribution in [0.3, 0.4) is 0 Å². The molecule has 24 heavy (non-hydrogen) atoms. The predicted molar refractivity (Wildman–Crippen MR) is 92.3 cm³/mol. The number of methoxy groups -OCH3 is 1. The number of hydrogen-bond acceptors (Lipinski definition) is 5. The quantitative estimate of drug-likeness (QED) is 0.333. The van der Waals surface area contributed by atoms with E-state index in [4.69, 9.17) is 19.5 Å². The van der Waals surface area contributed by atoms with E-state index < -0.39 is 11.8 Å². The first-order valence-corrected chi connectivity index (χ1v) is 7.54. The third-order valence-electron chi connectivity index (χ3n) is 3.44. The van der Waals surface area contributed by atoms with Gasteiger partial charge in [-0.05, 0) is 29.7 Å². The van der Waals surface area contributed by atoms with E-state index in [9.17, 15) is 4.79 Å². The summed E-state index contributed by atoms with van der Waals surface area (Å²) in [5.41, 5.74) is 2.05. The second-order valence-electron chi connectivity index (χ2n) is 5.14. The Bertz CT molecular complexity index is 646. The molecule has 0 spiro atoms. The molecule has 2 aromatic carbocycles. The Morgan fingerprint density at radius 2 is 1.83 bits per heavy atom. The minimum absolute atomic E-state index is 0.402. The largest absolute Gasteiger partial charge is 0.555 e. The number of benzene rings is 2. The molecule has 2 rings (SSSR count). The Balaban J connectivity index is 1.92. The van der Waals surface area contributed by atoms with Crippen molar-refractivity contribution in [3.8, 4) is 5.75 Å². The molecule has 123 valence electrons. The van der Waals surface area contributed by atoms with Crippen molar-refractivity contribution in [2.45, 2.75) is 18.8 Å². The Labute approximate surface area is 142 Å². The molecule has 0 aliphatic carbocycles. The SMILES string of the molecule is COC(=O)[C@@H]([B]OC=N)Cc1ccc(OCc2ccccc2)cc1. The smallest absolute Gasteiger partial charge is 0.386 e. The fraction of sp³-hybridized carbons (Fsp3) is 0.222. The molecule has 0 saturated carbocycles. The molecule has 0 saturated heterocycles. The molecule has 0 unspecified atom stereocenters. The summed E-state index contributed by atoms with van der Waals surface area (Å²) in [4.78, 5) is 11.7. The molecule has 2 aromatic rings. The summed E-state index contributed by atoms with van der Waals surface area (Å²) in [6, 6.07) is 17.5. The van der Waals surface area contributed by atoms with Crippen molar-refractivity contribution in [1.82, 2.24) is 0 Å². The summed E-state index contributed by atoms with van der Waals surface area (Å²) in [5, 5.41) is 6.87. The van der Waals surface area contributed by atoms with E-state index in [1.165, 1.54) is 14.6 Å². The van der Waals surface area contributed by atoms with Crippen molar-refractivity contribution in [3.05, 3.63) is 65.7 Å². The van der Waals surface area contributed by atoms with Crippen molar-refractivity contribution in [1.29, 1.82) is 5.41 Å². The molecule has 0 amide bonds. The zero-order valence-corrected chi connectivity index (χ0v) is 13.5. The normalized spacial score (nSPS) is 11.2. The van der Waals surface area contributed by atoms with Gasteiger partial charge in [-0.2, -0.15) is 0 Å². The van der Waals surface area contributed by atoms with Gasteiger partial charge in [-0.15, -0.1) is 0 Å². The van der Waals surface area contributed by atoms with Gasteiger partial charge in [0.05, 0.1) is 12.9 Å². The molecule has 0 heterocycles. The van der Waals surface area contributed by atoms with Crippen molar-refractivity contribution in [3.63, 3.8) is 0 Å². The van der Waals surface area contributed by atoms with Crippen molar-refractivity contribution >= 4 is 19.9 Å². The van der Waals surface area contributed by atoms with Crippen LogP contribution in [0.25, 0.3) is 0 Å². The van der Waals surface area contributed by atoms with Crippen LogP contribution in [0.5, 0.6) is 5.75 Å². The highest BCUT2D eigenvalue weighted by atomic mass is 16.5. The number of carbonyl (C=O) groups is 1. The third kappa shape index (κ3) is 5.46. The lowest BCUT2D eigenvalue weighted by molar-refractivity contribution is -0.140. The summed E-state index contributed by atoms with van der Waals surface area (Å²) in [6.07, 6.45) is 1.20. The van der Waals surface area contributed by atoms with Crippen LogP contribution >= 0.6 is 0 Å². The summed E-state index contributed by atoms with van der Waals surface area (Å²) in [7, 11) is 2.63. The molecule has 0 aliphatic heterocycles. The predicted octanol–water partition coefficient (Wildman–Crippen LogP) is 3.01. The second-order valence-corrected chi connectivity index (χ2v) is 5.14. The molecule has 0 bridgehead atoms. The first-order chi connectivity index (χ1) is 11.7. The fourth-order valence-electron chi connectivity index (χ4n) is 2.19. The number of hydrogen-bond donors (Lipinski definition) is 1. The maximum absolute atomic E-state index is 11.7. The maximum Gasteiger partial charge on any atom is 0.386 e. The van der Waals surface area contributed by atoms with Crippen LogP contribution in [0.2, 0.25) is 5.82 Å². The van der Waals surface area contributed by atoms with Gasteiger partial charge in [-0.3, -0.25) is 10.2 Å². The lowest BCUT2D eigenvalue weighted by atomic mass is 9.76. The van der Waals surface area contributed by atoms with Crippen LogP contribution in [0.15, 0.2) is 54.6 Å². The van der Waals surface area contributed by atoms with Crippen LogP contribution < -0.4 is 4.74 Å². The van der Waals surface area contributed by atoms with Gasteiger partial charge in [0.15, 0.2) is 0 Å². The highest BCUT2D eigenvalue weighted by Crippen LogP contribution is 2.19. The molecule has 0 fully saturated rings. The number of carbonyl (C=O) groups excluding carboxylic acids is 1.